The van der Waals surface area contributed by atoms with E-state index in [1.54, 1.807) is 57.2 Å². The number of anilines is 1. The standard InChI is InChI=1S/C64H105N7O17/c1-10-45(4)59(55(80-8)42-57(75)71-27-15-19-52(71)61(81-9)47(6)53(72)40-46(5)60(76)49-16-12-11-13-17-49)70(7)64(79)88-43-48-20-22-51(23-21-48)68-62(77)50(18-14-26-67-63(66)78)41-54(73)58(44(2)3)69-56(74)24-28-82-30-32-84-34-36-86-38-39-87-37-35-85-33-31-83-29-25-65/h11-13,16-17,20-23,44-47,50,52,55,58-61,76H,10,14-15,18-19,24-43,65H2,1-9H3,(H,68,77)(H,69,74)(H3,66,67,78)/t45-,46-,47-,50+,52-,55+,58-,59-,60+,61+/m0/s1. The number of methoxy groups -OCH3 is 2. The molecule has 498 valence electrons. The third kappa shape index (κ3) is 28.4. The second-order valence-electron chi connectivity index (χ2n) is 22.8. The normalized spacial score (nSPS) is 16.4. The molecule has 0 saturated carbocycles. The number of carbonyl (C=O) groups excluding carboxylic acids is 7. The van der Waals surface area contributed by atoms with Crippen molar-refractivity contribution < 1.29 is 81.3 Å². The van der Waals surface area contributed by atoms with Gasteiger partial charge in [0.15, 0.2) is 5.78 Å². The molecule has 2 aromatic carbocycles. The van der Waals surface area contributed by atoms with Crippen LogP contribution in [0.15, 0.2) is 54.6 Å². The van der Waals surface area contributed by atoms with Crippen molar-refractivity contribution in [3.63, 3.8) is 0 Å². The van der Waals surface area contributed by atoms with Gasteiger partial charge >= 0.3 is 12.1 Å². The van der Waals surface area contributed by atoms with Crippen molar-refractivity contribution in [1.29, 1.82) is 0 Å². The smallest absolute Gasteiger partial charge is 0.410 e. The molecule has 10 atom stereocenters. The van der Waals surface area contributed by atoms with Crippen LogP contribution in [0, 0.1) is 29.6 Å². The summed E-state index contributed by atoms with van der Waals surface area (Å²) in [6, 6.07) is 13.5. The lowest BCUT2D eigenvalue weighted by molar-refractivity contribution is -0.142. The number of benzene rings is 2. The number of nitrogens with one attached hydrogen (secondary N) is 3. The minimum Gasteiger partial charge on any atom is -0.445 e. The van der Waals surface area contributed by atoms with Gasteiger partial charge in [-0.15, -0.1) is 0 Å². The lowest BCUT2D eigenvalue weighted by Gasteiger charge is -2.38. The molecule has 1 heterocycles. The van der Waals surface area contributed by atoms with E-state index in [9.17, 15) is 38.7 Å². The van der Waals surface area contributed by atoms with E-state index in [2.05, 4.69) is 16.0 Å². The minimum atomic E-state index is -0.877. The molecule has 24 nitrogen and oxygen atoms in total. The number of urea groups is 1. The summed E-state index contributed by atoms with van der Waals surface area (Å²) in [5, 5.41) is 19.2. The van der Waals surface area contributed by atoms with E-state index in [1.807, 2.05) is 58.0 Å². The number of aliphatic hydroxyl groups excluding tert-OH is 1. The van der Waals surface area contributed by atoms with E-state index in [-0.39, 0.29) is 106 Å². The second kappa shape index (κ2) is 43.9. The number of nitrogens with two attached hydrogens (primary N) is 2. The van der Waals surface area contributed by atoms with E-state index in [1.165, 1.54) is 12.0 Å². The van der Waals surface area contributed by atoms with Gasteiger partial charge in [0.25, 0.3) is 0 Å². The monoisotopic (exact) mass is 1240 g/mol. The highest BCUT2D eigenvalue weighted by Crippen LogP contribution is 2.32. The Balaban J connectivity index is 1.51. The first-order chi connectivity index (χ1) is 42.3. The third-order valence-electron chi connectivity index (χ3n) is 15.9. The number of hydrogen-bond acceptors (Lipinski definition) is 18. The number of ether oxygens (including phenoxy) is 9. The van der Waals surface area contributed by atoms with Gasteiger partial charge in [0, 0.05) is 77.7 Å². The van der Waals surface area contributed by atoms with Gasteiger partial charge in [0.05, 0.1) is 122 Å². The van der Waals surface area contributed by atoms with E-state index < -0.39 is 60.3 Å². The van der Waals surface area contributed by atoms with Crippen LogP contribution in [0.5, 0.6) is 0 Å². The van der Waals surface area contributed by atoms with Crippen LogP contribution in [0.2, 0.25) is 0 Å². The Morgan fingerprint density at radius 2 is 1.31 bits per heavy atom. The number of likely N-dealkylation sites (tertiary alicyclic amines) is 1. The molecule has 0 aromatic heterocycles. The summed E-state index contributed by atoms with van der Waals surface area (Å²) >= 11 is 0. The zero-order valence-electron chi connectivity index (χ0n) is 53.8. The number of ketones is 2. The fraction of sp³-hybridized carbons (Fsp3) is 0.703. The van der Waals surface area contributed by atoms with Gasteiger partial charge in [-0.2, -0.15) is 0 Å². The van der Waals surface area contributed by atoms with Crippen LogP contribution in [-0.2, 0) is 73.2 Å². The van der Waals surface area contributed by atoms with Gasteiger partial charge in [-0.05, 0) is 66.7 Å². The highest BCUT2D eigenvalue weighted by Gasteiger charge is 2.42. The van der Waals surface area contributed by atoms with E-state index in [0.29, 0.717) is 110 Å². The summed E-state index contributed by atoms with van der Waals surface area (Å²) in [6.45, 7) is 17.0. The summed E-state index contributed by atoms with van der Waals surface area (Å²) < 4.78 is 50.5. The van der Waals surface area contributed by atoms with Crippen LogP contribution in [0.4, 0.5) is 15.3 Å². The number of amides is 6. The fourth-order valence-electron chi connectivity index (χ4n) is 10.7. The Labute approximate surface area is 521 Å². The van der Waals surface area contributed by atoms with Gasteiger partial charge < -0.3 is 85.0 Å². The SMILES string of the molecule is CC[C@H](C)[C@@H]([C@@H](CC(=O)N1CCC[C@H]1[C@H](OC)[C@@H](C)C(=O)C[C@H](C)[C@@H](O)c1ccccc1)OC)N(C)C(=O)OCc1ccc(NC(=O)[C@H](CCCNC(N)=O)CC(=O)[C@@H](NC(=O)CCOCCOCCOCCOCCOCCOCCN)C(C)C)cc1. The molecular formula is C64H105N7O17. The number of likely N-dealkylation sites (N-methyl/N-ethyl adjacent to an activating group) is 1. The molecular weight excluding hydrogens is 1140 g/mol. The maximum atomic E-state index is 14.3. The summed E-state index contributed by atoms with van der Waals surface area (Å²) in [4.78, 5) is 97.2. The van der Waals surface area contributed by atoms with E-state index >= 15 is 0 Å². The predicted molar refractivity (Wildman–Crippen MR) is 332 cm³/mol. The predicted octanol–water partition coefficient (Wildman–Crippen LogP) is 5.60. The Bertz CT molecular complexity index is 2320. The zero-order valence-corrected chi connectivity index (χ0v) is 53.8. The van der Waals surface area contributed by atoms with E-state index in [4.69, 9.17) is 54.1 Å². The molecule has 0 aliphatic carbocycles. The third-order valence-corrected chi connectivity index (χ3v) is 15.9. The van der Waals surface area contributed by atoms with Crippen LogP contribution in [-0.4, -0.2) is 207 Å². The minimum absolute atomic E-state index is 0.00367. The van der Waals surface area contributed by atoms with Crippen LogP contribution < -0.4 is 27.4 Å². The largest absolute Gasteiger partial charge is 0.445 e. The molecule has 0 bridgehead atoms. The molecule has 0 unspecified atom stereocenters. The van der Waals surface area contributed by atoms with Crippen LogP contribution in [0.25, 0.3) is 0 Å². The number of nitrogens with zero attached hydrogens (tertiary/aromatic N) is 2. The maximum Gasteiger partial charge on any atom is 0.410 e. The van der Waals surface area contributed by atoms with Crippen molar-refractivity contribution in [2.45, 2.75) is 142 Å². The van der Waals surface area contributed by atoms with Gasteiger partial charge in [-0.25, -0.2) is 9.59 Å². The summed E-state index contributed by atoms with van der Waals surface area (Å²) in [5.41, 5.74) is 12.4. The van der Waals surface area contributed by atoms with Gasteiger partial charge in [0.1, 0.15) is 12.4 Å². The molecule has 8 N–H and O–H groups in total. The first-order valence-electron chi connectivity index (χ1n) is 31.2. The molecule has 1 fully saturated rings. The van der Waals surface area contributed by atoms with Crippen LogP contribution in [0.3, 0.4) is 0 Å². The summed E-state index contributed by atoms with van der Waals surface area (Å²) in [7, 11) is 4.70. The molecule has 3 rings (SSSR count). The molecule has 0 spiro atoms. The molecule has 0 radical (unpaired) electrons. The van der Waals surface area contributed by atoms with Gasteiger partial charge in [0.2, 0.25) is 17.7 Å². The van der Waals surface area contributed by atoms with Crippen molar-refractivity contribution in [2.75, 3.05) is 126 Å². The molecule has 1 aliphatic heterocycles. The second-order valence-corrected chi connectivity index (χ2v) is 22.8. The maximum absolute atomic E-state index is 14.3. The van der Waals surface area contributed by atoms with Gasteiger partial charge in [-0.1, -0.05) is 90.4 Å². The first-order valence-corrected chi connectivity index (χ1v) is 31.2. The van der Waals surface area contributed by atoms with Crippen LogP contribution in [0.1, 0.15) is 117 Å². The first kappa shape index (κ1) is 76.6. The highest BCUT2D eigenvalue weighted by atomic mass is 16.6. The molecule has 88 heavy (non-hydrogen) atoms. The highest BCUT2D eigenvalue weighted by molar-refractivity contribution is 5.97. The van der Waals surface area contributed by atoms with Crippen molar-refractivity contribution in [3.05, 3.63) is 65.7 Å². The number of aliphatic hydroxyl groups is 1. The Morgan fingerprint density at radius 1 is 0.727 bits per heavy atom. The van der Waals surface area contributed by atoms with Crippen molar-refractivity contribution >= 4 is 47.1 Å². The molecule has 2 aromatic rings. The topological polar surface area (TPSA) is 317 Å². The number of primary amides is 1. The lowest BCUT2D eigenvalue weighted by atomic mass is 9.85. The molecule has 6 amide bonds. The average molecular weight is 1240 g/mol. The number of Topliss-reactive ketones (excluding diaryl/α,β-unsaturated/α-hetero) is 2. The average Bonchev–Trinajstić information content (AvgIpc) is 2.16. The Kier molecular flexibility index (Phi) is 38.2. The van der Waals surface area contributed by atoms with Gasteiger partial charge in [-0.3, -0.25) is 24.0 Å². The Morgan fingerprint density at radius 3 is 1.84 bits per heavy atom. The fourth-order valence-corrected chi connectivity index (χ4v) is 10.7. The lowest BCUT2D eigenvalue weighted by Crippen LogP contribution is -2.52. The molecule has 24 heteroatoms. The van der Waals surface area contributed by atoms with Crippen molar-refractivity contribution in [3.8, 4) is 0 Å². The van der Waals surface area contributed by atoms with E-state index in [0.717, 1.165) is 12.0 Å². The number of carbonyl (C=O) groups is 7. The van der Waals surface area contributed by atoms with Crippen molar-refractivity contribution in [2.24, 2.45) is 41.1 Å². The van der Waals surface area contributed by atoms with Crippen LogP contribution >= 0.6 is 0 Å². The summed E-state index contributed by atoms with van der Waals surface area (Å²) in [5.74, 6) is -3.49. The Hall–Kier alpha value is -5.67. The zero-order chi connectivity index (χ0) is 64.8. The number of rotatable bonds is 48. The summed E-state index contributed by atoms with van der Waals surface area (Å²) in [6.07, 6.45) is -0.158. The van der Waals surface area contributed by atoms with Crippen molar-refractivity contribution in [1.82, 2.24) is 20.4 Å². The molecule has 1 saturated heterocycles. The molecule has 1 aliphatic rings. The quantitative estimate of drug-likeness (QED) is 0.0439. The number of hydrogen-bond donors (Lipinski definition) is 6.